The SMILES string of the molecule is CCCCCC=CCC=CCC=CCC=CCCCCCC(=O)OC(COC=CCCCCCCC=CCCCCCCCC)COP(=O)(O)OCCN. The molecular formula is C45H80NO7P. The quantitative estimate of drug-likeness (QED) is 0.0208. The van der Waals surface area contributed by atoms with Gasteiger partial charge in [-0.2, -0.15) is 0 Å². The van der Waals surface area contributed by atoms with E-state index < -0.39 is 13.9 Å². The second kappa shape index (κ2) is 41.9. The van der Waals surface area contributed by atoms with E-state index in [-0.39, 0.29) is 38.8 Å². The molecule has 0 spiro atoms. The van der Waals surface area contributed by atoms with E-state index in [1.54, 1.807) is 6.26 Å². The van der Waals surface area contributed by atoms with Gasteiger partial charge in [0.25, 0.3) is 0 Å². The monoisotopic (exact) mass is 778 g/mol. The van der Waals surface area contributed by atoms with Crippen molar-refractivity contribution in [3.8, 4) is 0 Å². The summed E-state index contributed by atoms with van der Waals surface area (Å²) >= 11 is 0. The molecule has 0 aliphatic carbocycles. The first kappa shape index (κ1) is 51.8. The number of unbranched alkanes of at least 4 members (excludes halogenated alkanes) is 17. The van der Waals surface area contributed by atoms with Crippen LogP contribution < -0.4 is 5.73 Å². The number of hydrogen-bond acceptors (Lipinski definition) is 7. The van der Waals surface area contributed by atoms with Crippen LogP contribution in [0.3, 0.4) is 0 Å². The van der Waals surface area contributed by atoms with Gasteiger partial charge in [0.1, 0.15) is 6.61 Å². The van der Waals surface area contributed by atoms with Crippen molar-refractivity contribution in [1.29, 1.82) is 0 Å². The van der Waals surface area contributed by atoms with E-state index in [0.29, 0.717) is 6.42 Å². The van der Waals surface area contributed by atoms with Gasteiger partial charge in [0.2, 0.25) is 0 Å². The van der Waals surface area contributed by atoms with Crippen molar-refractivity contribution in [1.82, 2.24) is 0 Å². The minimum absolute atomic E-state index is 0.0102. The Hall–Kier alpha value is -2.22. The van der Waals surface area contributed by atoms with Crippen LogP contribution in [0.2, 0.25) is 0 Å². The maximum atomic E-state index is 12.6. The summed E-state index contributed by atoms with van der Waals surface area (Å²) in [4.78, 5) is 22.4. The minimum Gasteiger partial charge on any atom is -0.498 e. The molecule has 3 N–H and O–H groups in total. The summed E-state index contributed by atoms with van der Waals surface area (Å²) in [5.41, 5.74) is 5.36. The van der Waals surface area contributed by atoms with Crippen LogP contribution in [0, 0.1) is 0 Å². The zero-order valence-electron chi connectivity index (χ0n) is 34.4. The minimum atomic E-state index is -4.31. The molecule has 0 saturated heterocycles. The second-order valence-electron chi connectivity index (χ2n) is 13.9. The summed E-state index contributed by atoms with van der Waals surface area (Å²) in [5, 5.41) is 0. The lowest BCUT2D eigenvalue weighted by molar-refractivity contribution is -0.153. The number of phosphoric acid groups is 1. The Morgan fingerprint density at radius 1 is 0.574 bits per heavy atom. The Labute approximate surface area is 331 Å². The average molecular weight is 778 g/mol. The summed E-state index contributed by atoms with van der Waals surface area (Å²) in [6.45, 7) is 4.14. The average Bonchev–Trinajstić information content (AvgIpc) is 3.16. The Morgan fingerprint density at radius 3 is 1.54 bits per heavy atom. The van der Waals surface area contributed by atoms with Crippen LogP contribution in [0.15, 0.2) is 73.1 Å². The van der Waals surface area contributed by atoms with Crippen molar-refractivity contribution in [2.75, 3.05) is 26.4 Å². The van der Waals surface area contributed by atoms with E-state index in [9.17, 15) is 14.3 Å². The number of esters is 1. The van der Waals surface area contributed by atoms with Crippen LogP contribution >= 0.6 is 7.82 Å². The summed E-state index contributed by atoms with van der Waals surface area (Å²) in [5.74, 6) is -0.387. The topological polar surface area (TPSA) is 117 Å². The predicted molar refractivity (Wildman–Crippen MR) is 228 cm³/mol. The number of rotatable bonds is 40. The van der Waals surface area contributed by atoms with Crippen LogP contribution in [-0.4, -0.2) is 43.3 Å². The van der Waals surface area contributed by atoms with Gasteiger partial charge in [-0.15, -0.1) is 0 Å². The molecule has 0 heterocycles. The standard InChI is InChI=1S/C45H80NO7P/c1-3-5-7-9-11-13-15-17-19-21-22-23-24-26-28-30-32-34-36-38-45(47)53-44(43-52-54(48,49)51-41-39-46)42-50-40-37-35-33-31-29-27-25-20-18-16-14-12-10-8-6-4-2/h11,13,17-20,22-23,26,28,37,40,44H,3-10,12,14-16,21,24-25,27,29-36,38-39,41-43,46H2,1-2H3,(H,48,49). The Kier molecular flexibility index (Phi) is 40.2. The van der Waals surface area contributed by atoms with Crippen LogP contribution in [0.5, 0.6) is 0 Å². The zero-order valence-corrected chi connectivity index (χ0v) is 35.3. The molecule has 0 rings (SSSR count). The molecule has 0 saturated carbocycles. The number of nitrogens with two attached hydrogens (primary N) is 1. The molecule has 312 valence electrons. The summed E-state index contributed by atoms with van der Waals surface area (Å²) in [6.07, 6.45) is 52.9. The number of ether oxygens (including phenoxy) is 2. The Balaban J connectivity index is 4.20. The van der Waals surface area contributed by atoms with Crippen LogP contribution in [-0.2, 0) is 27.9 Å². The van der Waals surface area contributed by atoms with Gasteiger partial charge in [-0.1, -0.05) is 139 Å². The van der Waals surface area contributed by atoms with Crippen LogP contribution in [0.1, 0.15) is 174 Å². The van der Waals surface area contributed by atoms with E-state index in [4.69, 9.17) is 24.3 Å². The molecule has 0 aliphatic rings. The molecule has 54 heavy (non-hydrogen) atoms. The Bertz CT molecular complexity index is 1050. The molecule has 8 nitrogen and oxygen atoms in total. The molecule has 2 unspecified atom stereocenters. The van der Waals surface area contributed by atoms with Crippen molar-refractivity contribution in [2.45, 2.75) is 180 Å². The normalized spacial score (nSPS) is 14.1. The third-order valence-electron chi connectivity index (χ3n) is 8.66. The van der Waals surface area contributed by atoms with Gasteiger partial charge in [0, 0.05) is 13.0 Å². The highest BCUT2D eigenvalue weighted by Crippen LogP contribution is 2.43. The Morgan fingerprint density at radius 2 is 1.00 bits per heavy atom. The molecule has 0 radical (unpaired) electrons. The maximum absolute atomic E-state index is 12.6. The zero-order chi connectivity index (χ0) is 39.5. The second-order valence-corrected chi connectivity index (χ2v) is 15.4. The van der Waals surface area contributed by atoms with Gasteiger partial charge >= 0.3 is 13.8 Å². The first-order valence-electron chi connectivity index (χ1n) is 21.5. The van der Waals surface area contributed by atoms with Gasteiger partial charge in [-0.05, 0) is 96.0 Å². The highest BCUT2D eigenvalue weighted by atomic mass is 31.2. The summed E-state index contributed by atoms with van der Waals surface area (Å²) in [7, 11) is -4.31. The number of carbonyl (C=O) groups excluding carboxylic acids is 1. The first-order valence-corrected chi connectivity index (χ1v) is 23.0. The molecule has 0 aromatic heterocycles. The van der Waals surface area contributed by atoms with Crippen LogP contribution in [0.25, 0.3) is 0 Å². The lowest BCUT2D eigenvalue weighted by Crippen LogP contribution is -2.27. The van der Waals surface area contributed by atoms with Gasteiger partial charge in [-0.3, -0.25) is 13.8 Å². The van der Waals surface area contributed by atoms with E-state index >= 15 is 0 Å². The lowest BCUT2D eigenvalue weighted by Gasteiger charge is -2.19. The lowest BCUT2D eigenvalue weighted by atomic mass is 10.1. The molecule has 2 atom stereocenters. The number of phosphoric ester groups is 1. The van der Waals surface area contributed by atoms with Gasteiger partial charge < -0.3 is 20.1 Å². The van der Waals surface area contributed by atoms with E-state index in [1.165, 1.54) is 89.9 Å². The molecule has 0 aromatic carbocycles. The third kappa shape index (κ3) is 41.0. The molecule has 0 aromatic rings. The van der Waals surface area contributed by atoms with Crippen molar-refractivity contribution >= 4 is 13.8 Å². The maximum Gasteiger partial charge on any atom is 0.472 e. The molecule has 0 fully saturated rings. The third-order valence-corrected chi connectivity index (χ3v) is 9.64. The highest BCUT2D eigenvalue weighted by Gasteiger charge is 2.25. The van der Waals surface area contributed by atoms with Crippen molar-refractivity contribution < 1.29 is 32.8 Å². The number of carbonyl (C=O) groups is 1. The fraction of sp³-hybridized carbons (Fsp3) is 0.711. The smallest absolute Gasteiger partial charge is 0.472 e. The van der Waals surface area contributed by atoms with E-state index in [0.717, 1.165) is 57.8 Å². The van der Waals surface area contributed by atoms with Crippen molar-refractivity contribution in [3.05, 3.63) is 73.1 Å². The summed E-state index contributed by atoms with van der Waals surface area (Å²) in [6, 6.07) is 0. The van der Waals surface area contributed by atoms with Gasteiger partial charge in [0.15, 0.2) is 6.10 Å². The molecule has 0 aliphatic heterocycles. The van der Waals surface area contributed by atoms with Crippen LogP contribution in [0.4, 0.5) is 0 Å². The van der Waals surface area contributed by atoms with E-state index in [2.05, 4.69) is 74.6 Å². The first-order chi connectivity index (χ1) is 26.4. The van der Waals surface area contributed by atoms with E-state index in [1.807, 2.05) is 6.08 Å². The number of hydrogen-bond donors (Lipinski definition) is 2. The molecule has 0 bridgehead atoms. The van der Waals surface area contributed by atoms with Gasteiger partial charge in [0.05, 0.1) is 19.5 Å². The molecule has 9 heteroatoms. The summed E-state index contributed by atoms with van der Waals surface area (Å²) < 4.78 is 33.1. The van der Waals surface area contributed by atoms with Crippen molar-refractivity contribution in [3.63, 3.8) is 0 Å². The molecule has 0 amide bonds. The fourth-order valence-electron chi connectivity index (χ4n) is 5.47. The van der Waals surface area contributed by atoms with Crippen molar-refractivity contribution in [2.24, 2.45) is 5.73 Å². The van der Waals surface area contributed by atoms with Gasteiger partial charge in [-0.25, -0.2) is 4.57 Å². The molecular weight excluding hydrogens is 697 g/mol. The largest absolute Gasteiger partial charge is 0.498 e. The predicted octanol–water partition coefficient (Wildman–Crippen LogP) is 13.1. The highest BCUT2D eigenvalue weighted by molar-refractivity contribution is 7.47. The fourth-order valence-corrected chi connectivity index (χ4v) is 6.23. The number of allylic oxidation sites excluding steroid dienone is 11.